The lowest BCUT2D eigenvalue weighted by atomic mass is 10.00. The van der Waals surface area contributed by atoms with Crippen LogP contribution in [0.15, 0.2) is 41.4 Å². The van der Waals surface area contributed by atoms with E-state index in [1.165, 1.54) is 0 Å². The Morgan fingerprint density at radius 1 is 0.949 bits per heavy atom. The van der Waals surface area contributed by atoms with Gasteiger partial charge >= 0.3 is 0 Å². The van der Waals surface area contributed by atoms with Crippen LogP contribution < -0.4 is 37.9 Å². The zero-order valence-corrected chi connectivity index (χ0v) is 23.5. The van der Waals surface area contributed by atoms with E-state index in [0.29, 0.717) is 30.8 Å². The first-order valence-electron chi connectivity index (χ1n) is 13.2. The molecule has 11 nitrogen and oxygen atoms in total. The quantitative estimate of drug-likeness (QED) is 0.120. The van der Waals surface area contributed by atoms with E-state index in [0.717, 1.165) is 10.8 Å². The Morgan fingerprint density at radius 3 is 2.23 bits per heavy atom. The topological polar surface area (TPSA) is 187 Å². The molecule has 0 heterocycles. The fourth-order valence-electron chi connectivity index (χ4n) is 4.06. The summed E-state index contributed by atoms with van der Waals surface area (Å²) in [6.07, 6.45) is 1.09. The van der Waals surface area contributed by atoms with Crippen molar-refractivity contribution in [1.82, 2.24) is 10.6 Å². The molecular weight excluding hydrogens is 498 g/mol. The number of aliphatic imine (C=N–C) groups is 1. The summed E-state index contributed by atoms with van der Waals surface area (Å²) in [4.78, 5) is 43.4. The number of ether oxygens (including phenoxy) is 1. The number of benzene rings is 2. The van der Waals surface area contributed by atoms with E-state index >= 15 is 0 Å². The molecular formula is C28H43N7O4. The Kier molecular flexibility index (Phi) is 12.0. The number of nitrogens with zero attached hydrogens (tertiary/aromatic N) is 1. The van der Waals surface area contributed by atoms with Crippen LogP contribution in [0.4, 0.5) is 5.69 Å². The molecule has 0 saturated heterocycles. The van der Waals surface area contributed by atoms with Crippen LogP contribution in [0.5, 0.6) is 5.75 Å². The predicted molar refractivity (Wildman–Crippen MR) is 155 cm³/mol. The molecule has 214 valence electrons. The fraction of sp³-hybridized carbons (Fsp3) is 0.500. The number of nitrogens with one attached hydrogen (secondary N) is 3. The number of nitrogens with two attached hydrogens (primary N) is 3. The lowest BCUT2D eigenvalue weighted by Gasteiger charge is -2.26. The first kappa shape index (κ1) is 31.4. The zero-order chi connectivity index (χ0) is 29.1. The Morgan fingerprint density at radius 2 is 1.62 bits per heavy atom. The minimum Gasteiger partial charge on any atom is -0.496 e. The Balaban J connectivity index is 2.26. The highest BCUT2D eigenvalue weighted by Gasteiger charge is 2.29. The maximum atomic E-state index is 13.4. The van der Waals surface area contributed by atoms with Crippen molar-refractivity contribution in [2.45, 2.75) is 65.1 Å². The van der Waals surface area contributed by atoms with Gasteiger partial charge in [-0.05, 0) is 42.6 Å². The van der Waals surface area contributed by atoms with Gasteiger partial charge < -0.3 is 37.9 Å². The molecule has 0 spiro atoms. The number of hydrogen-bond acceptors (Lipinski definition) is 6. The van der Waals surface area contributed by atoms with Crippen LogP contribution in [0.3, 0.4) is 0 Å². The van der Waals surface area contributed by atoms with E-state index in [2.05, 4.69) is 20.9 Å². The summed E-state index contributed by atoms with van der Waals surface area (Å²) in [5.41, 5.74) is 17.4. The number of guanidine groups is 1. The lowest BCUT2D eigenvalue weighted by molar-refractivity contribution is -0.132. The maximum absolute atomic E-state index is 13.4. The number of amides is 3. The van der Waals surface area contributed by atoms with E-state index < -0.39 is 35.8 Å². The summed E-state index contributed by atoms with van der Waals surface area (Å²) in [6.45, 7) is 7.85. The number of fused-ring (bicyclic) bond motifs is 1. The van der Waals surface area contributed by atoms with Crippen molar-refractivity contribution in [3.8, 4) is 5.75 Å². The molecule has 0 aliphatic rings. The molecule has 2 aromatic carbocycles. The van der Waals surface area contributed by atoms with Gasteiger partial charge in [-0.3, -0.25) is 19.4 Å². The molecule has 39 heavy (non-hydrogen) atoms. The number of rotatable bonds is 14. The highest BCUT2D eigenvalue weighted by molar-refractivity contribution is 6.01. The average molecular weight is 542 g/mol. The third-order valence-corrected chi connectivity index (χ3v) is 6.25. The second kappa shape index (κ2) is 14.9. The van der Waals surface area contributed by atoms with Crippen molar-refractivity contribution in [2.24, 2.45) is 34.0 Å². The van der Waals surface area contributed by atoms with Crippen LogP contribution in [0.25, 0.3) is 10.8 Å². The van der Waals surface area contributed by atoms with Gasteiger partial charge in [0.2, 0.25) is 17.7 Å². The molecule has 2 aromatic rings. The van der Waals surface area contributed by atoms with Crippen molar-refractivity contribution >= 4 is 40.1 Å². The number of anilines is 1. The second-order valence-electron chi connectivity index (χ2n) is 10.4. The van der Waals surface area contributed by atoms with Gasteiger partial charge in [0.05, 0.1) is 13.2 Å². The fourth-order valence-corrected chi connectivity index (χ4v) is 4.06. The summed E-state index contributed by atoms with van der Waals surface area (Å²) in [5, 5.41) is 10.3. The van der Waals surface area contributed by atoms with Crippen molar-refractivity contribution in [3.63, 3.8) is 0 Å². The minimum atomic E-state index is -0.908. The molecule has 0 aliphatic heterocycles. The largest absolute Gasteiger partial charge is 0.496 e. The third kappa shape index (κ3) is 9.75. The van der Waals surface area contributed by atoms with Crippen molar-refractivity contribution in [2.75, 3.05) is 19.0 Å². The smallest absolute Gasteiger partial charge is 0.246 e. The molecule has 0 saturated carbocycles. The number of methoxy groups -OCH3 is 1. The van der Waals surface area contributed by atoms with E-state index in [9.17, 15) is 14.4 Å². The van der Waals surface area contributed by atoms with Crippen molar-refractivity contribution in [3.05, 3.63) is 36.4 Å². The van der Waals surface area contributed by atoms with Crippen molar-refractivity contribution in [1.29, 1.82) is 0 Å². The van der Waals surface area contributed by atoms with Gasteiger partial charge in [-0.15, -0.1) is 0 Å². The summed E-state index contributed by atoms with van der Waals surface area (Å²) < 4.78 is 5.51. The third-order valence-electron chi connectivity index (χ3n) is 6.25. The highest BCUT2D eigenvalue weighted by Crippen LogP contribution is 2.29. The minimum absolute atomic E-state index is 0.0514. The molecule has 9 N–H and O–H groups in total. The summed E-state index contributed by atoms with van der Waals surface area (Å²) in [5.74, 6) is -0.730. The first-order chi connectivity index (χ1) is 18.4. The number of carbonyl (C=O) groups is 3. The van der Waals surface area contributed by atoms with Gasteiger partial charge in [-0.25, -0.2) is 0 Å². The molecule has 0 bridgehead atoms. The Hall–Kier alpha value is -3.86. The molecule has 11 heteroatoms. The van der Waals surface area contributed by atoms with E-state index in [1.54, 1.807) is 13.2 Å². The molecule has 3 atom stereocenters. The standard InChI is InChI=1S/C28H43N7O4/c1-16(2)13-22(35-27(38)24(29)17(3)4)26(37)34-21(11-8-12-32-28(30)31)25(36)33-19-14-18-9-6-7-10-20(18)23(15-19)39-5/h6-7,9-10,14-17,21-22,24H,8,11-13,29H2,1-5H3,(H,33,36)(H,34,37)(H,35,38)(H4,30,31,32)/t21-,22-,24-/m0/s1. The van der Waals surface area contributed by atoms with Crippen molar-refractivity contribution < 1.29 is 19.1 Å². The lowest BCUT2D eigenvalue weighted by Crippen LogP contribution is -2.56. The summed E-state index contributed by atoms with van der Waals surface area (Å²) in [7, 11) is 1.56. The summed E-state index contributed by atoms with van der Waals surface area (Å²) in [6, 6.07) is 8.71. The Labute approximate surface area is 230 Å². The maximum Gasteiger partial charge on any atom is 0.246 e. The van der Waals surface area contributed by atoms with Gasteiger partial charge in [0.25, 0.3) is 0 Å². The molecule has 0 unspecified atom stereocenters. The zero-order valence-electron chi connectivity index (χ0n) is 23.5. The molecule has 2 rings (SSSR count). The van der Waals surface area contributed by atoms with E-state index in [1.807, 2.05) is 58.0 Å². The molecule has 0 aliphatic carbocycles. The Bertz CT molecular complexity index is 1160. The number of carbonyl (C=O) groups excluding carboxylic acids is 3. The SMILES string of the molecule is COc1cc(NC(=O)[C@H](CCCN=C(N)N)NC(=O)[C@H](CC(C)C)NC(=O)[C@@H](N)C(C)C)cc2ccccc12. The van der Waals surface area contributed by atoms with Crippen LogP contribution >= 0.6 is 0 Å². The van der Waals surface area contributed by atoms with Gasteiger partial charge in [-0.2, -0.15) is 0 Å². The molecule has 3 amide bonds. The first-order valence-corrected chi connectivity index (χ1v) is 13.2. The molecule has 0 fully saturated rings. The van der Waals surface area contributed by atoms with Gasteiger partial charge in [-0.1, -0.05) is 52.0 Å². The normalized spacial score (nSPS) is 13.4. The van der Waals surface area contributed by atoms with Gasteiger partial charge in [0, 0.05) is 23.7 Å². The molecule has 0 radical (unpaired) electrons. The highest BCUT2D eigenvalue weighted by atomic mass is 16.5. The van der Waals surface area contributed by atoms with Crippen LogP contribution in [0.1, 0.15) is 47.0 Å². The second-order valence-corrected chi connectivity index (χ2v) is 10.4. The average Bonchev–Trinajstić information content (AvgIpc) is 2.88. The predicted octanol–water partition coefficient (Wildman–Crippen LogP) is 1.84. The molecule has 0 aromatic heterocycles. The van der Waals surface area contributed by atoms with Crippen LogP contribution in [-0.4, -0.2) is 55.5 Å². The number of hydrogen-bond donors (Lipinski definition) is 6. The van der Waals surface area contributed by atoms with Gasteiger partial charge in [0.1, 0.15) is 17.8 Å². The van der Waals surface area contributed by atoms with E-state index in [-0.39, 0.29) is 24.2 Å². The van der Waals surface area contributed by atoms with Gasteiger partial charge in [0.15, 0.2) is 5.96 Å². The van der Waals surface area contributed by atoms with Crippen LogP contribution in [0, 0.1) is 11.8 Å². The van der Waals surface area contributed by atoms with Crippen LogP contribution in [0.2, 0.25) is 0 Å². The van der Waals surface area contributed by atoms with Crippen LogP contribution in [-0.2, 0) is 14.4 Å². The monoisotopic (exact) mass is 541 g/mol. The van der Waals surface area contributed by atoms with E-state index in [4.69, 9.17) is 21.9 Å². The summed E-state index contributed by atoms with van der Waals surface area (Å²) >= 11 is 0.